The van der Waals surface area contributed by atoms with Crippen molar-refractivity contribution in [3.63, 3.8) is 0 Å². The molecule has 4 rings (SSSR count). The Morgan fingerprint density at radius 1 is 1.12 bits per heavy atom. The zero-order valence-corrected chi connectivity index (χ0v) is 20.3. The number of aryl methyl sites for hydroxylation is 1. The SMILES string of the molecule is Cc1ccc(N2C(=O)CCC(C(=O)NCC(c3cccs3)N(C)C)C2c2cccs2)cc1. The molecule has 2 aromatic heterocycles. The molecule has 0 saturated carbocycles. The zero-order valence-electron chi connectivity index (χ0n) is 18.7. The van der Waals surface area contributed by atoms with Crippen molar-refractivity contribution >= 4 is 40.2 Å². The minimum atomic E-state index is -0.293. The van der Waals surface area contributed by atoms with E-state index in [2.05, 4.69) is 21.7 Å². The molecule has 0 spiro atoms. The Labute approximate surface area is 197 Å². The predicted octanol–water partition coefficient (Wildman–Crippen LogP) is 5.02. The van der Waals surface area contributed by atoms with Crippen molar-refractivity contribution in [1.29, 1.82) is 0 Å². The molecule has 1 aromatic carbocycles. The minimum absolute atomic E-state index is 0.0106. The number of hydrogen-bond donors (Lipinski definition) is 1. The number of likely N-dealkylation sites (N-methyl/N-ethyl adjacent to an activating group) is 1. The molecule has 0 bridgehead atoms. The molecule has 3 heterocycles. The Hall–Kier alpha value is -2.48. The molecule has 1 fully saturated rings. The van der Waals surface area contributed by atoms with Gasteiger partial charge in [0.05, 0.1) is 18.0 Å². The lowest BCUT2D eigenvalue weighted by Gasteiger charge is -2.40. The summed E-state index contributed by atoms with van der Waals surface area (Å²) >= 11 is 3.30. The van der Waals surface area contributed by atoms with E-state index in [9.17, 15) is 9.59 Å². The maximum atomic E-state index is 13.5. The summed E-state index contributed by atoms with van der Waals surface area (Å²) in [5.74, 6) is -0.212. The van der Waals surface area contributed by atoms with E-state index in [0.717, 1.165) is 16.1 Å². The van der Waals surface area contributed by atoms with Crippen LogP contribution in [0.2, 0.25) is 0 Å². The lowest BCUT2D eigenvalue weighted by Crippen LogP contribution is -2.49. The summed E-state index contributed by atoms with van der Waals surface area (Å²) in [6, 6.07) is 16.0. The Bertz CT molecular complexity index is 1030. The van der Waals surface area contributed by atoms with Gasteiger partial charge in [-0.1, -0.05) is 29.8 Å². The van der Waals surface area contributed by atoms with Crippen molar-refractivity contribution in [2.24, 2.45) is 5.92 Å². The summed E-state index contributed by atoms with van der Waals surface area (Å²) in [6.45, 7) is 2.57. The number of carbonyl (C=O) groups excluding carboxylic acids is 2. The van der Waals surface area contributed by atoms with Gasteiger partial charge in [-0.3, -0.25) is 9.59 Å². The van der Waals surface area contributed by atoms with Crippen LogP contribution in [-0.4, -0.2) is 37.4 Å². The van der Waals surface area contributed by atoms with Crippen LogP contribution < -0.4 is 10.2 Å². The van der Waals surface area contributed by atoms with Crippen molar-refractivity contribution < 1.29 is 9.59 Å². The molecule has 1 N–H and O–H groups in total. The van der Waals surface area contributed by atoms with E-state index in [1.165, 1.54) is 4.88 Å². The van der Waals surface area contributed by atoms with Crippen LogP contribution >= 0.6 is 22.7 Å². The van der Waals surface area contributed by atoms with Crippen LogP contribution in [0.15, 0.2) is 59.3 Å². The summed E-state index contributed by atoms with van der Waals surface area (Å²) in [5.41, 5.74) is 1.99. The van der Waals surface area contributed by atoms with Gasteiger partial charge < -0.3 is 15.1 Å². The van der Waals surface area contributed by atoms with Crippen molar-refractivity contribution in [1.82, 2.24) is 10.2 Å². The predicted molar refractivity (Wildman–Crippen MR) is 132 cm³/mol. The summed E-state index contributed by atoms with van der Waals surface area (Å²) in [5, 5.41) is 7.27. The Balaban J connectivity index is 1.59. The summed E-state index contributed by atoms with van der Waals surface area (Å²) in [7, 11) is 4.06. The number of amides is 2. The van der Waals surface area contributed by atoms with Gasteiger partial charge in [0.1, 0.15) is 0 Å². The van der Waals surface area contributed by atoms with Gasteiger partial charge >= 0.3 is 0 Å². The number of hydrogen-bond acceptors (Lipinski definition) is 5. The normalized spacial score (nSPS) is 19.9. The van der Waals surface area contributed by atoms with Crippen LogP contribution in [0.25, 0.3) is 0 Å². The number of nitrogens with zero attached hydrogens (tertiary/aromatic N) is 2. The Morgan fingerprint density at radius 2 is 1.84 bits per heavy atom. The first-order valence-corrected chi connectivity index (χ1v) is 12.6. The maximum Gasteiger partial charge on any atom is 0.227 e. The fraction of sp³-hybridized carbons (Fsp3) is 0.360. The molecular weight excluding hydrogens is 438 g/mol. The molecule has 0 aliphatic carbocycles. The first-order chi connectivity index (χ1) is 15.5. The van der Waals surface area contributed by atoms with E-state index in [-0.39, 0.29) is 29.8 Å². The Morgan fingerprint density at radius 3 is 2.47 bits per heavy atom. The van der Waals surface area contributed by atoms with Gasteiger partial charge in [-0.2, -0.15) is 0 Å². The largest absolute Gasteiger partial charge is 0.354 e. The first kappa shape index (κ1) is 22.7. The molecule has 7 heteroatoms. The third kappa shape index (κ3) is 4.80. The fourth-order valence-electron chi connectivity index (χ4n) is 4.31. The van der Waals surface area contributed by atoms with Crippen LogP contribution in [0.5, 0.6) is 0 Å². The van der Waals surface area contributed by atoms with Crippen LogP contribution in [0.4, 0.5) is 5.69 Å². The van der Waals surface area contributed by atoms with Gasteiger partial charge in [0.15, 0.2) is 0 Å². The quantitative estimate of drug-likeness (QED) is 0.531. The molecule has 3 aromatic rings. The molecule has 168 valence electrons. The second-order valence-corrected chi connectivity index (χ2v) is 10.4. The highest BCUT2D eigenvalue weighted by Crippen LogP contribution is 2.41. The Kier molecular flexibility index (Phi) is 7.08. The van der Waals surface area contributed by atoms with E-state index in [1.807, 2.05) is 73.8 Å². The second-order valence-electron chi connectivity index (χ2n) is 8.44. The molecule has 1 aliphatic rings. The van der Waals surface area contributed by atoms with Crippen molar-refractivity contribution in [3.05, 3.63) is 74.6 Å². The zero-order chi connectivity index (χ0) is 22.7. The van der Waals surface area contributed by atoms with Crippen LogP contribution in [0.3, 0.4) is 0 Å². The lowest BCUT2D eigenvalue weighted by atomic mass is 9.86. The summed E-state index contributed by atoms with van der Waals surface area (Å²) < 4.78 is 0. The van der Waals surface area contributed by atoms with Crippen LogP contribution in [0, 0.1) is 12.8 Å². The van der Waals surface area contributed by atoms with Gasteiger partial charge in [0.25, 0.3) is 0 Å². The maximum absolute atomic E-state index is 13.5. The van der Waals surface area contributed by atoms with E-state index < -0.39 is 0 Å². The first-order valence-electron chi connectivity index (χ1n) is 10.9. The summed E-state index contributed by atoms with van der Waals surface area (Å²) in [6.07, 6.45) is 0.928. The van der Waals surface area contributed by atoms with Gasteiger partial charge in [-0.05, 0) is 62.5 Å². The number of thiophene rings is 2. The molecule has 32 heavy (non-hydrogen) atoms. The number of rotatable bonds is 7. The van der Waals surface area contributed by atoms with Crippen molar-refractivity contribution in [3.8, 4) is 0 Å². The smallest absolute Gasteiger partial charge is 0.227 e. The van der Waals surface area contributed by atoms with Gasteiger partial charge in [-0.15, -0.1) is 22.7 Å². The van der Waals surface area contributed by atoms with Crippen molar-refractivity contribution in [2.75, 3.05) is 25.5 Å². The third-order valence-electron chi connectivity index (χ3n) is 6.05. The van der Waals surface area contributed by atoms with Gasteiger partial charge in [0.2, 0.25) is 11.8 Å². The molecule has 5 nitrogen and oxygen atoms in total. The van der Waals surface area contributed by atoms with Crippen LogP contribution in [0.1, 0.15) is 40.2 Å². The van der Waals surface area contributed by atoms with Gasteiger partial charge in [0, 0.05) is 28.4 Å². The highest BCUT2D eigenvalue weighted by Gasteiger charge is 2.42. The number of piperidine rings is 1. The van der Waals surface area contributed by atoms with Crippen molar-refractivity contribution in [2.45, 2.75) is 31.8 Å². The summed E-state index contributed by atoms with van der Waals surface area (Å²) in [4.78, 5) is 32.8. The second kappa shape index (κ2) is 9.98. The molecule has 3 unspecified atom stereocenters. The van der Waals surface area contributed by atoms with E-state index in [0.29, 0.717) is 19.4 Å². The minimum Gasteiger partial charge on any atom is -0.354 e. The number of nitrogens with one attached hydrogen (secondary N) is 1. The average molecular weight is 468 g/mol. The molecule has 0 radical (unpaired) electrons. The topological polar surface area (TPSA) is 52.7 Å². The van der Waals surface area contributed by atoms with Crippen LogP contribution in [-0.2, 0) is 9.59 Å². The standard InChI is InChI=1S/C25H29N3O2S2/c1-17-8-10-18(11-9-17)28-23(29)13-12-19(24(28)22-7-5-15-32-22)25(30)26-16-20(27(2)3)21-6-4-14-31-21/h4-11,14-15,19-20,24H,12-13,16H2,1-3H3,(H,26,30). The van der Waals surface area contributed by atoms with Gasteiger partial charge in [-0.25, -0.2) is 0 Å². The molecular formula is C25H29N3O2S2. The number of carbonyl (C=O) groups is 2. The average Bonchev–Trinajstić information content (AvgIpc) is 3.49. The molecule has 1 saturated heterocycles. The number of benzene rings is 1. The monoisotopic (exact) mass is 467 g/mol. The number of anilines is 1. The highest BCUT2D eigenvalue weighted by atomic mass is 32.1. The molecule has 3 atom stereocenters. The van der Waals surface area contributed by atoms with E-state index in [4.69, 9.17) is 0 Å². The fourth-order valence-corrected chi connectivity index (χ4v) is 6.11. The molecule has 2 amide bonds. The lowest BCUT2D eigenvalue weighted by molar-refractivity contribution is -0.129. The van der Waals surface area contributed by atoms with E-state index in [1.54, 1.807) is 22.7 Å². The molecule has 1 aliphatic heterocycles. The third-order valence-corrected chi connectivity index (χ3v) is 7.96. The highest BCUT2D eigenvalue weighted by molar-refractivity contribution is 7.10. The van der Waals surface area contributed by atoms with E-state index >= 15 is 0 Å².